The number of fused-ring (bicyclic) bond motifs is 2. The minimum absolute atomic E-state index is 0.00711. The van der Waals surface area contributed by atoms with Crippen LogP contribution < -0.4 is 9.47 Å². The summed E-state index contributed by atoms with van der Waals surface area (Å²) in [5, 5.41) is 7.19. The maximum absolute atomic E-state index is 14.1. The highest BCUT2D eigenvalue weighted by Crippen LogP contribution is 2.45. The van der Waals surface area contributed by atoms with Crippen LogP contribution in [0.15, 0.2) is 105 Å². The molecule has 3 aromatic carbocycles. The van der Waals surface area contributed by atoms with E-state index in [-0.39, 0.29) is 23.6 Å². The van der Waals surface area contributed by atoms with E-state index in [4.69, 9.17) is 19.3 Å². The van der Waals surface area contributed by atoms with E-state index in [2.05, 4.69) is 32.0 Å². The zero-order chi connectivity index (χ0) is 35.5. The Bertz CT molecular complexity index is 2120. The van der Waals surface area contributed by atoms with Crippen LogP contribution in [0.3, 0.4) is 0 Å². The van der Waals surface area contributed by atoms with Crippen LogP contribution >= 0.6 is 39.0 Å². The van der Waals surface area contributed by atoms with Crippen molar-refractivity contribution in [2.24, 2.45) is 11.0 Å². The number of allylic oxidation sites excluding steroid dienone is 1. The summed E-state index contributed by atoms with van der Waals surface area (Å²) in [6, 6.07) is 25.4. The van der Waals surface area contributed by atoms with Crippen LogP contribution in [0.2, 0.25) is 0 Å². The summed E-state index contributed by atoms with van der Waals surface area (Å²) in [6.07, 6.45) is 5.29. The number of hydrogen-bond acceptors (Lipinski definition) is 10. The molecule has 1 saturated carbocycles. The van der Waals surface area contributed by atoms with Crippen molar-refractivity contribution < 1.29 is 23.8 Å². The Hall–Kier alpha value is -4.52. The van der Waals surface area contributed by atoms with Gasteiger partial charge in [-0.15, -0.1) is 11.3 Å². The first-order valence-electron chi connectivity index (χ1n) is 16.5. The van der Waals surface area contributed by atoms with E-state index in [0.717, 1.165) is 78.3 Å². The summed E-state index contributed by atoms with van der Waals surface area (Å²) in [4.78, 5) is 37.3. The SMILES string of the molecule is COc1ccc(/C=C2/CCCC3C2=NN(C(=O)C(C)OC(=O)CSc2ncnc4cc(-c5ccc(Br)cc5)sc24)C3c2ccc(OC)cc2)cc1. The van der Waals surface area contributed by atoms with Crippen molar-refractivity contribution in [3.63, 3.8) is 0 Å². The summed E-state index contributed by atoms with van der Waals surface area (Å²) in [6.45, 7) is 1.61. The molecule has 1 amide bonds. The van der Waals surface area contributed by atoms with Gasteiger partial charge in [0.1, 0.15) is 22.9 Å². The topological polar surface area (TPSA) is 103 Å². The fraction of sp³-hybridized carbons (Fsp3) is 0.256. The molecular weight excluding hydrogens is 748 g/mol. The molecule has 3 unspecified atom stereocenters. The molecule has 1 fully saturated rings. The maximum atomic E-state index is 14.1. The molecule has 9 nitrogen and oxygen atoms in total. The molecule has 260 valence electrons. The van der Waals surface area contributed by atoms with E-state index >= 15 is 0 Å². The van der Waals surface area contributed by atoms with Gasteiger partial charge >= 0.3 is 5.97 Å². The standard InChI is InChI=1S/C39H35BrN4O5S2/c1-23(49-34(45)21-50-38-37-32(41-22-42-38)20-33(51-37)25-9-13-28(40)14-10-25)39(46)44-36(26-11-17-30(48-3)18-12-26)31-6-4-5-27(35(31)43-44)19-24-7-15-29(47-2)16-8-24/h7-20,22-23,31,36H,4-6,21H2,1-3H3/b27-19-. The average molecular weight is 784 g/mol. The van der Waals surface area contributed by atoms with Gasteiger partial charge < -0.3 is 14.2 Å². The van der Waals surface area contributed by atoms with E-state index in [1.807, 2.05) is 78.9 Å². The number of nitrogens with zero attached hydrogens (tertiary/aromatic N) is 4. The van der Waals surface area contributed by atoms with Gasteiger partial charge in [0, 0.05) is 15.3 Å². The second kappa shape index (κ2) is 15.4. The third-order valence-corrected chi connectivity index (χ3v) is 11.8. The highest BCUT2D eigenvalue weighted by molar-refractivity contribution is 9.10. The third-order valence-electron chi connectivity index (χ3n) is 9.03. The molecule has 0 radical (unpaired) electrons. The minimum atomic E-state index is -1.05. The van der Waals surface area contributed by atoms with E-state index in [1.54, 1.807) is 32.5 Å². The molecule has 2 aromatic heterocycles. The lowest BCUT2D eigenvalue weighted by atomic mass is 9.77. The fourth-order valence-electron chi connectivity index (χ4n) is 6.51. The molecular formula is C39H35BrN4O5S2. The van der Waals surface area contributed by atoms with Crippen LogP contribution in [-0.2, 0) is 14.3 Å². The van der Waals surface area contributed by atoms with Gasteiger partial charge in [0.25, 0.3) is 5.91 Å². The number of esters is 1. The largest absolute Gasteiger partial charge is 0.497 e. The van der Waals surface area contributed by atoms with Crippen molar-refractivity contribution in [2.45, 2.75) is 43.4 Å². The van der Waals surface area contributed by atoms with Crippen LogP contribution in [0.4, 0.5) is 0 Å². The smallest absolute Gasteiger partial charge is 0.317 e. The van der Waals surface area contributed by atoms with Crippen molar-refractivity contribution >= 4 is 72.9 Å². The molecule has 2 aliphatic rings. The van der Waals surface area contributed by atoms with Gasteiger partial charge in [0.15, 0.2) is 6.10 Å². The monoisotopic (exact) mass is 782 g/mol. The molecule has 5 aromatic rings. The Morgan fingerprint density at radius 3 is 2.41 bits per heavy atom. The zero-order valence-electron chi connectivity index (χ0n) is 28.2. The number of benzene rings is 3. The predicted octanol–water partition coefficient (Wildman–Crippen LogP) is 8.99. The summed E-state index contributed by atoms with van der Waals surface area (Å²) in [7, 11) is 3.28. The van der Waals surface area contributed by atoms with Crippen molar-refractivity contribution in [1.82, 2.24) is 15.0 Å². The zero-order valence-corrected chi connectivity index (χ0v) is 31.5. The van der Waals surface area contributed by atoms with Gasteiger partial charge in [0.05, 0.1) is 41.9 Å². The van der Waals surface area contributed by atoms with Crippen molar-refractivity contribution in [2.75, 3.05) is 20.0 Å². The van der Waals surface area contributed by atoms with Gasteiger partial charge in [-0.3, -0.25) is 9.59 Å². The van der Waals surface area contributed by atoms with Gasteiger partial charge in [-0.05, 0) is 97.0 Å². The van der Waals surface area contributed by atoms with Crippen molar-refractivity contribution in [1.29, 1.82) is 0 Å². The lowest BCUT2D eigenvalue weighted by molar-refractivity contribution is -0.158. The summed E-state index contributed by atoms with van der Waals surface area (Å²) < 4.78 is 18.4. The normalized spacial score (nSPS) is 18.3. The summed E-state index contributed by atoms with van der Waals surface area (Å²) in [5.74, 6) is 0.616. The minimum Gasteiger partial charge on any atom is -0.497 e. The molecule has 3 atom stereocenters. The number of amides is 1. The Morgan fingerprint density at radius 2 is 1.71 bits per heavy atom. The molecule has 3 heterocycles. The van der Waals surface area contributed by atoms with E-state index in [1.165, 1.54) is 23.1 Å². The highest BCUT2D eigenvalue weighted by atomic mass is 79.9. The van der Waals surface area contributed by atoms with Crippen LogP contribution in [0.25, 0.3) is 26.7 Å². The Labute approximate surface area is 312 Å². The maximum Gasteiger partial charge on any atom is 0.317 e. The predicted molar refractivity (Wildman–Crippen MR) is 205 cm³/mol. The molecule has 7 rings (SSSR count). The number of hydrazone groups is 1. The number of thioether (sulfide) groups is 1. The van der Waals surface area contributed by atoms with Crippen molar-refractivity contribution in [3.05, 3.63) is 106 Å². The second-order valence-corrected chi connectivity index (χ2v) is 15.2. The first kappa shape index (κ1) is 34.9. The first-order chi connectivity index (χ1) is 24.8. The summed E-state index contributed by atoms with van der Waals surface area (Å²) >= 11 is 6.34. The van der Waals surface area contributed by atoms with Crippen LogP contribution in [0, 0.1) is 5.92 Å². The molecule has 0 saturated heterocycles. The number of methoxy groups -OCH3 is 2. The van der Waals surface area contributed by atoms with Crippen molar-refractivity contribution in [3.8, 4) is 21.9 Å². The summed E-state index contributed by atoms with van der Waals surface area (Å²) in [5.41, 5.74) is 5.86. The number of hydrogen-bond donors (Lipinski definition) is 0. The lowest BCUT2D eigenvalue weighted by Gasteiger charge is -2.30. The number of rotatable bonds is 10. The molecule has 0 N–H and O–H groups in total. The van der Waals surface area contributed by atoms with Gasteiger partial charge in [-0.1, -0.05) is 64.1 Å². The van der Waals surface area contributed by atoms with E-state index in [0.29, 0.717) is 5.03 Å². The van der Waals surface area contributed by atoms with Gasteiger partial charge in [-0.25, -0.2) is 15.0 Å². The van der Waals surface area contributed by atoms with E-state index in [9.17, 15) is 9.59 Å². The number of aromatic nitrogens is 2. The molecule has 0 bridgehead atoms. The number of carbonyl (C=O) groups is 2. The van der Waals surface area contributed by atoms with Gasteiger partial charge in [0.2, 0.25) is 0 Å². The molecule has 12 heteroatoms. The number of halogens is 1. The molecule has 51 heavy (non-hydrogen) atoms. The highest BCUT2D eigenvalue weighted by Gasteiger charge is 2.45. The quantitative estimate of drug-likeness (QED) is 0.0786. The van der Waals surface area contributed by atoms with Crippen LogP contribution in [0.5, 0.6) is 11.5 Å². The van der Waals surface area contributed by atoms with Crippen LogP contribution in [-0.4, -0.2) is 58.6 Å². The van der Waals surface area contributed by atoms with Crippen LogP contribution in [0.1, 0.15) is 43.4 Å². The van der Waals surface area contributed by atoms with E-state index < -0.39 is 12.1 Å². The molecule has 0 spiro atoms. The molecule has 1 aliphatic heterocycles. The number of carbonyl (C=O) groups excluding carboxylic acids is 2. The number of ether oxygens (including phenoxy) is 3. The lowest BCUT2D eigenvalue weighted by Crippen LogP contribution is -2.39. The number of thiophene rings is 1. The Balaban J connectivity index is 1.09. The Kier molecular flexibility index (Phi) is 10.5. The second-order valence-electron chi connectivity index (χ2n) is 12.3. The van der Waals surface area contributed by atoms with Gasteiger partial charge in [-0.2, -0.15) is 5.10 Å². The Morgan fingerprint density at radius 1 is 1.00 bits per heavy atom. The molecule has 1 aliphatic carbocycles. The third kappa shape index (κ3) is 7.58. The first-order valence-corrected chi connectivity index (χ1v) is 19.1. The average Bonchev–Trinajstić information content (AvgIpc) is 3.78. The fourth-order valence-corrected chi connectivity index (χ4v) is 8.75.